The lowest BCUT2D eigenvalue weighted by molar-refractivity contribution is -0.121. The van der Waals surface area contributed by atoms with Crippen LogP contribution in [0.1, 0.15) is 46.7 Å². The van der Waals surface area contributed by atoms with Gasteiger partial charge in [0.1, 0.15) is 11.3 Å². The fourth-order valence-corrected chi connectivity index (χ4v) is 3.28. The smallest absolute Gasteiger partial charge is 0.356 e. The molecule has 0 aromatic carbocycles. The lowest BCUT2D eigenvalue weighted by Gasteiger charge is -2.15. The molecule has 8 heteroatoms. The summed E-state index contributed by atoms with van der Waals surface area (Å²) >= 11 is 0. The van der Waals surface area contributed by atoms with Gasteiger partial charge in [0.2, 0.25) is 5.91 Å². The molecule has 1 aliphatic rings. The molecule has 0 unspecified atom stereocenters. The van der Waals surface area contributed by atoms with E-state index in [4.69, 9.17) is 4.74 Å². The zero-order valence-electron chi connectivity index (χ0n) is 13.7. The van der Waals surface area contributed by atoms with Crippen LogP contribution in [-0.2, 0) is 16.1 Å². The van der Waals surface area contributed by atoms with Crippen molar-refractivity contribution in [3.63, 3.8) is 0 Å². The van der Waals surface area contributed by atoms with Gasteiger partial charge in [-0.05, 0) is 19.1 Å². The molecule has 0 aliphatic carbocycles. The van der Waals surface area contributed by atoms with Crippen LogP contribution in [0.2, 0.25) is 0 Å². The highest BCUT2D eigenvalue weighted by molar-refractivity contribution is 5.90. The van der Waals surface area contributed by atoms with Gasteiger partial charge in [-0.15, -0.1) is 0 Å². The summed E-state index contributed by atoms with van der Waals surface area (Å²) in [5.74, 6) is -0.910. The Morgan fingerprint density at radius 2 is 2.32 bits per heavy atom. The number of aromatic nitrogens is 4. The summed E-state index contributed by atoms with van der Waals surface area (Å²) in [5.41, 5.74) is 3.40. The van der Waals surface area contributed by atoms with Crippen LogP contribution in [0.15, 0.2) is 30.6 Å². The summed E-state index contributed by atoms with van der Waals surface area (Å²) in [4.78, 5) is 29.1. The number of fused-ring (bicyclic) bond motifs is 3. The van der Waals surface area contributed by atoms with Crippen LogP contribution >= 0.6 is 0 Å². The van der Waals surface area contributed by atoms with Crippen molar-refractivity contribution in [2.24, 2.45) is 0 Å². The Balaban J connectivity index is 1.89. The molecule has 4 rings (SSSR count). The third-order valence-electron chi connectivity index (χ3n) is 4.34. The second kappa shape index (κ2) is 6.04. The second-order valence-corrected chi connectivity index (χ2v) is 5.83. The first-order valence-corrected chi connectivity index (χ1v) is 8.12. The number of hydrogen-bond acceptors (Lipinski definition) is 5. The normalized spacial score (nSPS) is 17.0. The summed E-state index contributed by atoms with van der Waals surface area (Å²) in [5, 5.41) is 9.58. The molecule has 0 radical (unpaired) electrons. The number of hydrogen-bond donors (Lipinski definition) is 2. The van der Waals surface area contributed by atoms with Crippen molar-refractivity contribution in [2.45, 2.75) is 25.8 Å². The number of carbonyl (C=O) groups excluding carboxylic acids is 2. The number of H-pyrrole nitrogens is 1. The molecular formula is C17H17N5O3. The highest BCUT2D eigenvalue weighted by atomic mass is 16.5. The van der Waals surface area contributed by atoms with E-state index in [1.54, 1.807) is 13.1 Å². The molecule has 0 saturated carbocycles. The van der Waals surface area contributed by atoms with Crippen molar-refractivity contribution in [1.82, 2.24) is 24.9 Å². The topological polar surface area (TPSA) is 101 Å². The minimum absolute atomic E-state index is 0.0938. The fourth-order valence-electron chi connectivity index (χ4n) is 3.28. The SMILES string of the molecule is CCOC(=O)c1[nH]ncc1[C@@H]1CC(=O)NCc2nc3ccccn3c21. The fraction of sp³-hybridized carbons (Fsp3) is 0.294. The molecule has 1 atom stereocenters. The van der Waals surface area contributed by atoms with Crippen LogP contribution in [-0.4, -0.2) is 38.1 Å². The van der Waals surface area contributed by atoms with Gasteiger partial charge in [-0.2, -0.15) is 5.10 Å². The van der Waals surface area contributed by atoms with E-state index in [0.717, 1.165) is 17.0 Å². The first kappa shape index (κ1) is 15.4. The molecule has 0 spiro atoms. The number of rotatable bonds is 3. The monoisotopic (exact) mass is 339 g/mol. The summed E-state index contributed by atoms with van der Waals surface area (Å²) < 4.78 is 7.06. The molecular weight excluding hydrogens is 322 g/mol. The Labute approximate surface area is 143 Å². The number of nitrogens with one attached hydrogen (secondary N) is 2. The van der Waals surface area contributed by atoms with Gasteiger partial charge in [-0.3, -0.25) is 9.89 Å². The highest BCUT2D eigenvalue weighted by Gasteiger charge is 2.32. The zero-order chi connectivity index (χ0) is 17.4. The van der Waals surface area contributed by atoms with Crippen molar-refractivity contribution in [1.29, 1.82) is 0 Å². The quantitative estimate of drug-likeness (QED) is 0.702. The molecule has 0 saturated heterocycles. The van der Waals surface area contributed by atoms with Crippen LogP contribution in [0.5, 0.6) is 0 Å². The van der Waals surface area contributed by atoms with Gasteiger partial charge in [-0.1, -0.05) is 6.07 Å². The second-order valence-electron chi connectivity index (χ2n) is 5.83. The first-order valence-electron chi connectivity index (χ1n) is 8.12. The van der Waals surface area contributed by atoms with E-state index in [-0.39, 0.29) is 30.5 Å². The summed E-state index contributed by atoms with van der Waals surface area (Å²) in [6.45, 7) is 2.37. The van der Waals surface area contributed by atoms with Crippen molar-refractivity contribution in [3.8, 4) is 0 Å². The van der Waals surface area contributed by atoms with E-state index in [2.05, 4.69) is 20.5 Å². The Hall–Kier alpha value is -3.16. The maximum absolute atomic E-state index is 12.2. The minimum Gasteiger partial charge on any atom is -0.461 e. The number of carbonyl (C=O) groups is 2. The van der Waals surface area contributed by atoms with E-state index in [1.165, 1.54) is 0 Å². The third kappa shape index (κ3) is 2.55. The number of imidazole rings is 1. The summed E-state index contributed by atoms with van der Waals surface area (Å²) in [7, 11) is 0. The van der Waals surface area contributed by atoms with Crippen LogP contribution in [0.3, 0.4) is 0 Å². The van der Waals surface area contributed by atoms with Crippen molar-refractivity contribution in [3.05, 3.63) is 53.2 Å². The van der Waals surface area contributed by atoms with Gasteiger partial charge in [0.05, 0.1) is 30.7 Å². The molecule has 3 aromatic heterocycles. The molecule has 3 aromatic rings. The number of nitrogens with zero attached hydrogens (tertiary/aromatic N) is 3. The van der Waals surface area contributed by atoms with Gasteiger partial charge in [0.15, 0.2) is 0 Å². The van der Waals surface area contributed by atoms with Gasteiger partial charge in [0.25, 0.3) is 0 Å². The number of pyridine rings is 1. The third-order valence-corrected chi connectivity index (χ3v) is 4.34. The number of amides is 1. The maximum Gasteiger partial charge on any atom is 0.356 e. The Morgan fingerprint density at radius 3 is 3.16 bits per heavy atom. The molecule has 128 valence electrons. The maximum atomic E-state index is 12.2. The number of aromatic amines is 1. The van der Waals surface area contributed by atoms with Crippen molar-refractivity contribution in [2.75, 3.05) is 6.61 Å². The van der Waals surface area contributed by atoms with E-state index in [9.17, 15) is 9.59 Å². The molecule has 0 fully saturated rings. The van der Waals surface area contributed by atoms with Crippen LogP contribution in [0.25, 0.3) is 5.65 Å². The summed E-state index contributed by atoms with van der Waals surface area (Å²) in [6, 6.07) is 5.74. The minimum atomic E-state index is -0.477. The molecule has 1 amide bonds. The average molecular weight is 339 g/mol. The number of ether oxygens (including phenoxy) is 1. The Bertz CT molecular complexity index is 958. The van der Waals surface area contributed by atoms with E-state index >= 15 is 0 Å². The Kier molecular flexibility index (Phi) is 3.72. The predicted molar refractivity (Wildman–Crippen MR) is 88.0 cm³/mol. The molecule has 0 bridgehead atoms. The van der Waals surface area contributed by atoms with Crippen molar-refractivity contribution >= 4 is 17.5 Å². The number of esters is 1. The van der Waals surface area contributed by atoms with E-state index in [1.807, 2.05) is 28.8 Å². The van der Waals surface area contributed by atoms with Gasteiger partial charge in [-0.25, -0.2) is 9.78 Å². The van der Waals surface area contributed by atoms with Crippen LogP contribution in [0, 0.1) is 0 Å². The van der Waals surface area contributed by atoms with Crippen LogP contribution < -0.4 is 5.32 Å². The van der Waals surface area contributed by atoms with Crippen LogP contribution in [0.4, 0.5) is 0 Å². The average Bonchev–Trinajstić information content (AvgIpc) is 3.19. The van der Waals surface area contributed by atoms with Crippen molar-refractivity contribution < 1.29 is 14.3 Å². The lowest BCUT2D eigenvalue weighted by atomic mass is 9.92. The predicted octanol–water partition coefficient (Wildman–Crippen LogP) is 1.39. The largest absolute Gasteiger partial charge is 0.461 e. The Morgan fingerprint density at radius 1 is 1.44 bits per heavy atom. The molecule has 25 heavy (non-hydrogen) atoms. The molecule has 2 N–H and O–H groups in total. The van der Waals surface area contributed by atoms with Gasteiger partial charge >= 0.3 is 5.97 Å². The summed E-state index contributed by atoms with van der Waals surface area (Å²) in [6.07, 6.45) is 3.71. The first-order chi connectivity index (χ1) is 12.2. The lowest BCUT2D eigenvalue weighted by Crippen LogP contribution is -2.22. The highest BCUT2D eigenvalue weighted by Crippen LogP contribution is 2.34. The zero-order valence-corrected chi connectivity index (χ0v) is 13.7. The van der Waals surface area contributed by atoms with E-state index in [0.29, 0.717) is 12.1 Å². The van der Waals surface area contributed by atoms with E-state index < -0.39 is 5.97 Å². The van der Waals surface area contributed by atoms with Gasteiger partial charge < -0.3 is 14.5 Å². The molecule has 4 heterocycles. The molecule has 8 nitrogen and oxygen atoms in total. The van der Waals surface area contributed by atoms with Gasteiger partial charge in [0, 0.05) is 24.1 Å². The standard InChI is InChI=1S/C17H17N5O3/c1-2-25-17(24)15-11(8-19-21-15)10-7-14(23)18-9-12-16(10)22-6-4-3-5-13(22)20-12/h3-6,8,10H,2,7,9H2,1H3,(H,18,23)(H,19,21)/t10-/m0/s1. The molecule has 1 aliphatic heterocycles.